The van der Waals surface area contributed by atoms with Gasteiger partial charge in [0.2, 0.25) is 0 Å². The van der Waals surface area contributed by atoms with Gasteiger partial charge in [-0.1, -0.05) is 36.9 Å². The fraction of sp³-hybridized carbons (Fsp3) is 0.308. The fourth-order valence-corrected chi connectivity index (χ4v) is 2.79. The van der Waals surface area contributed by atoms with Crippen LogP contribution in [0.25, 0.3) is 5.69 Å². The summed E-state index contributed by atoms with van der Waals surface area (Å²) in [5.74, 6) is 1.52. The molecule has 0 radical (unpaired) electrons. The van der Waals surface area contributed by atoms with E-state index >= 15 is 0 Å². The van der Waals surface area contributed by atoms with Crippen LogP contribution in [0.2, 0.25) is 0 Å². The third-order valence-corrected chi connectivity index (χ3v) is 3.86. The summed E-state index contributed by atoms with van der Waals surface area (Å²) in [6.07, 6.45) is 2.72. The second-order valence-electron chi connectivity index (χ2n) is 4.43. The molecule has 0 aliphatic heterocycles. The van der Waals surface area contributed by atoms with Crippen molar-refractivity contribution in [3.8, 4) is 5.69 Å². The van der Waals surface area contributed by atoms with Crippen LogP contribution in [0.15, 0.2) is 41.8 Å². The van der Waals surface area contributed by atoms with E-state index in [1.165, 1.54) is 0 Å². The molecule has 0 saturated carbocycles. The highest BCUT2D eigenvalue weighted by atomic mass is 32.2. The van der Waals surface area contributed by atoms with Gasteiger partial charge in [-0.25, -0.2) is 4.68 Å². The summed E-state index contributed by atoms with van der Waals surface area (Å²) in [6, 6.07) is 10.0. The number of tetrazole rings is 1. The van der Waals surface area contributed by atoms with Crippen molar-refractivity contribution < 1.29 is 0 Å². The summed E-state index contributed by atoms with van der Waals surface area (Å²) in [5.41, 5.74) is 1.04. The highest BCUT2D eigenvalue weighted by Gasteiger charge is 2.10. The predicted octanol–water partition coefficient (Wildman–Crippen LogP) is 1.96. The SMILES string of the molecule is CCCn1nnnc1CSc1nncn1-c1ccccc1. The number of benzene rings is 1. The van der Waals surface area contributed by atoms with Gasteiger partial charge in [-0.15, -0.1) is 15.3 Å². The van der Waals surface area contributed by atoms with E-state index in [4.69, 9.17) is 0 Å². The van der Waals surface area contributed by atoms with Gasteiger partial charge in [0, 0.05) is 12.2 Å². The molecule has 0 bridgehead atoms. The second kappa shape index (κ2) is 6.49. The summed E-state index contributed by atoms with van der Waals surface area (Å²) in [6.45, 7) is 2.93. The Hall–Kier alpha value is -2.22. The van der Waals surface area contributed by atoms with Crippen LogP contribution in [-0.2, 0) is 12.3 Å². The van der Waals surface area contributed by atoms with E-state index < -0.39 is 0 Å². The van der Waals surface area contributed by atoms with Crippen LogP contribution in [0.4, 0.5) is 0 Å². The van der Waals surface area contributed by atoms with Gasteiger partial charge in [0.1, 0.15) is 6.33 Å². The molecule has 108 valence electrons. The molecule has 0 aliphatic carbocycles. The molecule has 2 heterocycles. The monoisotopic (exact) mass is 301 g/mol. The Kier molecular flexibility index (Phi) is 4.25. The minimum atomic E-state index is 0.665. The number of hydrogen-bond donors (Lipinski definition) is 0. The molecule has 8 heteroatoms. The maximum Gasteiger partial charge on any atom is 0.196 e. The van der Waals surface area contributed by atoms with Crippen molar-refractivity contribution in [1.29, 1.82) is 0 Å². The van der Waals surface area contributed by atoms with Crippen molar-refractivity contribution in [3.63, 3.8) is 0 Å². The zero-order valence-electron chi connectivity index (χ0n) is 11.6. The summed E-state index contributed by atoms with van der Waals surface area (Å²) in [5, 5.41) is 20.8. The lowest BCUT2D eigenvalue weighted by Gasteiger charge is -2.06. The van der Waals surface area contributed by atoms with Gasteiger partial charge in [-0.05, 0) is 29.0 Å². The maximum atomic E-state index is 4.17. The van der Waals surface area contributed by atoms with Crippen LogP contribution in [0.1, 0.15) is 19.2 Å². The first kappa shape index (κ1) is 13.7. The topological polar surface area (TPSA) is 74.3 Å². The molecular formula is C13H15N7S. The number of aryl methyl sites for hydroxylation is 1. The van der Waals surface area contributed by atoms with Crippen LogP contribution >= 0.6 is 11.8 Å². The largest absolute Gasteiger partial charge is 0.277 e. The van der Waals surface area contributed by atoms with Gasteiger partial charge >= 0.3 is 0 Å². The fourth-order valence-electron chi connectivity index (χ4n) is 1.93. The van der Waals surface area contributed by atoms with E-state index in [9.17, 15) is 0 Å². The first-order chi connectivity index (χ1) is 10.4. The Labute approximate surface area is 126 Å². The van der Waals surface area contributed by atoms with E-state index in [0.717, 1.165) is 29.6 Å². The molecule has 0 unspecified atom stereocenters. The summed E-state index contributed by atoms with van der Waals surface area (Å²) >= 11 is 1.57. The number of rotatable bonds is 6. The Morgan fingerprint density at radius 3 is 2.81 bits per heavy atom. The minimum Gasteiger partial charge on any atom is -0.277 e. The Morgan fingerprint density at radius 2 is 2.00 bits per heavy atom. The third kappa shape index (κ3) is 3.10. The number of aromatic nitrogens is 7. The van der Waals surface area contributed by atoms with Gasteiger partial charge in [0.15, 0.2) is 11.0 Å². The van der Waals surface area contributed by atoms with Crippen LogP contribution < -0.4 is 0 Å². The number of para-hydroxylation sites is 1. The zero-order valence-corrected chi connectivity index (χ0v) is 12.4. The van der Waals surface area contributed by atoms with Crippen LogP contribution in [0.3, 0.4) is 0 Å². The third-order valence-electron chi connectivity index (χ3n) is 2.92. The Bertz CT molecular complexity index is 691. The molecule has 1 aromatic carbocycles. The first-order valence-corrected chi connectivity index (χ1v) is 7.70. The van der Waals surface area contributed by atoms with E-state index in [1.807, 2.05) is 39.6 Å². The lowest BCUT2D eigenvalue weighted by atomic mass is 10.3. The smallest absolute Gasteiger partial charge is 0.196 e. The lowest BCUT2D eigenvalue weighted by molar-refractivity contribution is 0.564. The van der Waals surface area contributed by atoms with Gasteiger partial charge < -0.3 is 0 Å². The second-order valence-corrected chi connectivity index (χ2v) is 5.37. The number of nitrogens with zero attached hydrogens (tertiary/aromatic N) is 7. The average Bonchev–Trinajstić information content (AvgIpc) is 3.15. The molecule has 0 saturated heterocycles. The first-order valence-electron chi connectivity index (χ1n) is 6.71. The summed E-state index contributed by atoms with van der Waals surface area (Å²) in [7, 11) is 0. The molecule has 0 spiro atoms. The molecule has 2 aromatic heterocycles. The molecule has 3 rings (SSSR count). The molecule has 0 fully saturated rings. The van der Waals surface area contributed by atoms with Gasteiger partial charge in [-0.2, -0.15) is 0 Å². The predicted molar refractivity (Wildman–Crippen MR) is 79.0 cm³/mol. The summed E-state index contributed by atoms with van der Waals surface area (Å²) in [4.78, 5) is 0. The van der Waals surface area contributed by atoms with E-state index in [0.29, 0.717) is 5.75 Å². The van der Waals surface area contributed by atoms with Crippen molar-refractivity contribution >= 4 is 11.8 Å². The average molecular weight is 301 g/mol. The van der Waals surface area contributed by atoms with Crippen molar-refractivity contribution in [2.75, 3.05) is 0 Å². The lowest BCUT2D eigenvalue weighted by Crippen LogP contribution is -2.04. The van der Waals surface area contributed by atoms with E-state index in [2.05, 4.69) is 32.6 Å². The van der Waals surface area contributed by atoms with Crippen LogP contribution in [-0.4, -0.2) is 35.0 Å². The molecule has 3 aromatic rings. The summed E-state index contributed by atoms with van der Waals surface area (Å²) < 4.78 is 3.79. The molecule has 7 nitrogen and oxygen atoms in total. The molecular weight excluding hydrogens is 286 g/mol. The molecule has 21 heavy (non-hydrogen) atoms. The number of hydrogen-bond acceptors (Lipinski definition) is 6. The molecule has 0 N–H and O–H groups in total. The van der Waals surface area contributed by atoms with Crippen LogP contribution in [0, 0.1) is 0 Å². The minimum absolute atomic E-state index is 0.665. The molecule has 0 aliphatic rings. The highest BCUT2D eigenvalue weighted by molar-refractivity contribution is 7.98. The quantitative estimate of drug-likeness (QED) is 0.648. The normalized spacial score (nSPS) is 10.9. The van der Waals surface area contributed by atoms with E-state index in [-0.39, 0.29) is 0 Å². The Morgan fingerprint density at radius 1 is 1.14 bits per heavy atom. The molecule has 0 amide bonds. The van der Waals surface area contributed by atoms with Gasteiger partial charge in [-0.3, -0.25) is 4.57 Å². The van der Waals surface area contributed by atoms with Crippen molar-refractivity contribution in [2.45, 2.75) is 30.8 Å². The number of thioether (sulfide) groups is 1. The van der Waals surface area contributed by atoms with E-state index in [1.54, 1.807) is 18.1 Å². The highest BCUT2D eigenvalue weighted by Crippen LogP contribution is 2.22. The van der Waals surface area contributed by atoms with Crippen molar-refractivity contribution in [2.24, 2.45) is 0 Å². The standard InChI is InChI=1S/C13H15N7S/c1-2-8-20-12(15-17-18-20)9-21-13-16-14-10-19(13)11-6-4-3-5-7-11/h3-7,10H,2,8-9H2,1H3. The van der Waals surface area contributed by atoms with Crippen molar-refractivity contribution in [3.05, 3.63) is 42.5 Å². The van der Waals surface area contributed by atoms with Gasteiger partial charge in [0.25, 0.3) is 0 Å². The van der Waals surface area contributed by atoms with Gasteiger partial charge in [0.05, 0.1) is 5.75 Å². The Balaban J connectivity index is 1.75. The van der Waals surface area contributed by atoms with Crippen LogP contribution in [0.5, 0.6) is 0 Å². The zero-order chi connectivity index (χ0) is 14.5. The maximum absolute atomic E-state index is 4.17. The van der Waals surface area contributed by atoms with Crippen molar-refractivity contribution in [1.82, 2.24) is 35.0 Å². The molecule has 0 atom stereocenters.